The molecule has 1 aromatic carbocycles. The lowest BCUT2D eigenvalue weighted by atomic mass is 10.2. The first kappa shape index (κ1) is 15.0. The molecule has 5 nitrogen and oxygen atoms in total. The molecule has 0 aliphatic rings. The van der Waals surface area contributed by atoms with Gasteiger partial charge in [-0.05, 0) is 29.8 Å². The molecule has 0 unspecified atom stereocenters. The summed E-state index contributed by atoms with van der Waals surface area (Å²) < 4.78 is 4.88. The van der Waals surface area contributed by atoms with Crippen molar-refractivity contribution in [2.24, 2.45) is 0 Å². The lowest BCUT2D eigenvalue weighted by Crippen LogP contribution is -2.28. The number of carbonyl (C=O) groups is 2. The van der Waals surface area contributed by atoms with E-state index >= 15 is 0 Å². The van der Waals surface area contributed by atoms with Crippen LogP contribution in [0.4, 0.5) is 0 Å². The number of rotatable bonds is 5. The molecule has 0 fully saturated rings. The minimum Gasteiger partial charge on any atom is -0.452 e. The van der Waals surface area contributed by atoms with Crippen LogP contribution in [0.15, 0.2) is 48.8 Å². The van der Waals surface area contributed by atoms with Crippen LogP contribution in [-0.2, 0) is 16.1 Å². The number of esters is 1. The third-order valence-corrected chi connectivity index (χ3v) is 2.85. The van der Waals surface area contributed by atoms with Crippen molar-refractivity contribution in [2.75, 3.05) is 6.61 Å². The Kier molecular flexibility index (Phi) is 5.29. The van der Waals surface area contributed by atoms with Crippen molar-refractivity contribution in [2.45, 2.75) is 6.54 Å². The van der Waals surface area contributed by atoms with Gasteiger partial charge in [0.15, 0.2) is 6.61 Å². The van der Waals surface area contributed by atoms with Gasteiger partial charge in [0.1, 0.15) is 0 Å². The first-order valence-corrected chi connectivity index (χ1v) is 6.61. The molecule has 2 rings (SSSR count). The van der Waals surface area contributed by atoms with E-state index in [9.17, 15) is 9.59 Å². The van der Waals surface area contributed by atoms with Gasteiger partial charge in [-0.3, -0.25) is 9.78 Å². The summed E-state index contributed by atoms with van der Waals surface area (Å²) in [4.78, 5) is 27.0. The maximum atomic E-state index is 11.6. The number of aromatic nitrogens is 1. The summed E-state index contributed by atoms with van der Waals surface area (Å²) in [6.45, 7) is -0.0157. The third kappa shape index (κ3) is 4.89. The minimum absolute atomic E-state index is 0.306. The zero-order valence-electron chi connectivity index (χ0n) is 11.1. The number of pyridine rings is 1. The Hall–Kier alpha value is -2.40. The maximum absolute atomic E-state index is 11.6. The fourth-order valence-electron chi connectivity index (χ4n) is 1.60. The van der Waals surface area contributed by atoms with Crippen molar-refractivity contribution in [3.63, 3.8) is 0 Å². The predicted molar refractivity (Wildman–Crippen MR) is 77.8 cm³/mol. The second-order valence-corrected chi connectivity index (χ2v) is 4.66. The Bertz CT molecular complexity index is 632. The van der Waals surface area contributed by atoms with Gasteiger partial charge in [-0.15, -0.1) is 0 Å². The number of ether oxygens (including phenoxy) is 1. The summed E-state index contributed by atoms with van der Waals surface area (Å²) in [5.74, 6) is -0.965. The molecule has 1 aromatic heterocycles. The molecule has 0 spiro atoms. The average molecular weight is 305 g/mol. The molecule has 0 atom stereocenters. The van der Waals surface area contributed by atoms with E-state index in [1.54, 1.807) is 36.5 Å². The highest BCUT2D eigenvalue weighted by Crippen LogP contribution is 2.10. The Morgan fingerprint density at radius 2 is 2.10 bits per heavy atom. The van der Waals surface area contributed by atoms with Gasteiger partial charge in [0.05, 0.1) is 5.56 Å². The quantitative estimate of drug-likeness (QED) is 0.860. The van der Waals surface area contributed by atoms with Gasteiger partial charge in [0.2, 0.25) is 0 Å². The molecule has 0 bridgehead atoms. The highest BCUT2D eigenvalue weighted by atomic mass is 35.5. The Balaban J connectivity index is 1.76. The molecule has 0 aliphatic carbocycles. The lowest BCUT2D eigenvalue weighted by Gasteiger charge is -2.07. The van der Waals surface area contributed by atoms with Gasteiger partial charge in [0.25, 0.3) is 5.91 Å². The van der Waals surface area contributed by atoms with Gasteiger partial charge in [0, 0.05) is 24.0 Å². The first-order valence-electron chi connectivity index (χ1n) is 6.23. The van der Waals surface area contributed by atoms with Crippen molar-refractivity contribution < 1.29 is 14.3 Å². The number of halogens is 1. The van der Waals surface area contributed by atoms with Crippen LogP contribution >= 0.6 is 11.6 Å². The van der Waals surface area contributed by atoms with E-state index < -0.39 is 5.97 Å². The highest BCUT2D eigenvalue weighted by Gasteiger charge is 2.09. The van der Waals surface area contributed by atoms with Crippen LogP contribution in [0.3, 0.4) is 0 Å². The predicted octanol–water partition coefficient (Wildman–Crippen LogP) is 2.21. The van der Waals surface area contributed by atoms with E-state index in [-0.39, 0.29) is 12.5 Å². The summed E-state index contributed by atoms with van der Waals surface area (Å²) in [6, 6.07) is 10.3. The zero-order valence-corrected chi connectivity index (χ0v) is 11.8. The molecule has 0 radical (unpaired) electrons. The molecule has 6 heteroatoms. The van der Waals surface area contributed by atoms with Crippen LogP contribution in [0.5, 0.6) is 0 Å². The second kappa shape index (κ2) is 7.40. The summed E-state index contributed by atoms with van der Waals surface area (Å²) in [5, 5.41) is 3.24. The zero-order chi connectivity index (χ0) is 15.1. The molecule has 0 aliphatic heterocycles. The van der Waals surface area contributed by atoms with Crippen LogP contribution in [0.25, 0.3) is 0 Å². The molecule has 1 heterocycles. The van der Waals surface area contributed by atoms with E-state index in [0.29, 0.717) is 17.1 Å². The van der Waals surface area contributed by atoms with Crippen molar-refractivity contribution in [1.82, 2.24) is 10.3 Å². The molecule has 1 N–H and O–H groups in total. The molecule has 108 valence electrons. The standard InChI is InChI=1S/C15H13ClN2O3/c16-13-5-1-3-11(7-13)8-18-14(19)10-21-15(20)12-4-2-6-17-9-12/h1-7,9H,8,10H2,(H,18,19). The Labute approximate surface area is 126 Å². The molecule has 0 saturated carbocycles. The maximum Gasteiger partial charge on any atom is 0.340 e. The van der Waals surface area contributed by atoms with Crippen LogP contribution < -0.4 is 5.32 Å². The number of hydrogen-bond donors (Lipinski definition) is 1. The van der Waals surface area contributed by atoms with E-state index in [4.69, 9.17) is 16.3 Å². The first-order chi connectivity index (χ1) is 10.1. The molecule has 2 aromatic rings. The van der Waals surface area contributed by atoms with Crippen LogP contribution in [0, 0.1) is 0 Å². The SMILES string of the molecule is O=C(COC(=O)c1cccnc1)NCc1cccc(Cl)c1. The van der Waals surface area contributed by atoms with E-state index in [1.807, 2.05) is 6.07 Å². The number of hydrogen-bond acceptors (Lipinski definition) is 4. The smallest absolute Gasteiger partial charge is 0.340 e. The average Bonchev–Trinajstić information content (AvgIpc) is 2.51. The monoisotopic (exact) mass is 304 g/mol. The summed E-state index contributed by atoms with van der Waals surface area (Å²) in [7, 11) is 0. The van der Waals surface area contributed by atoms with E-state index in [2.05, 4.69) is 10.3 Å². The summed E-state index contributed by atoms with van der Waals surface area (Å²) in [5.41, 5.74) is 1.18. The minimum atomic E-state index is -0.582. The third-order valence-electron chi connectivity index (χ3n) is 2.61. The van der Waals surface area contributed by atoms with Crippen LogP contribution in [0.2, 0.25) is 5.02 Å². The fourth-order valence-corrected chi connectivity index (χ4v) is 1.81. The van der Waals surface area contributed by atoms with Crippen LogP contribution in [0.1, 0.15) is 15.9 Å². The van der Waals surface area contributed by atoms with Gasteiger partial charge in [-0.1, -0.05) is 23.7 Å². The summed E-state index contributed by atoms with van der Waals surface area (Å²) >= 11 is 5.84. The molecule has 21 heavy (non-hydrogen) atoms. The van der Waals surface area contributed by atoms with Crippen molar-refractivity contribution in [1.29, 1.82) is 0 Å². The second-order valence-electron chi connectivity index (χ2n) is 4.22. The lowest BCUT2D eigenvalue weighted by molar-refractivity contribution is -0.124. The normalized spacial score (nSPS) is 9.95. The Morgan fingerprint density at radius 3 is 2.81 bits per heavy atom. The molecular weight excluding hydrogens is 292 g/mol. The molecule has 0 saturated heterocycles. The topological polar surface area (TPSA) is 68.3 Å². The molecule has 1 amide bonds. The van der Waals surface area contributed by atoms with Crippen molar-refractivity contribution in [3.05, 3.63) is 64.9 Å². The highest BCUT2D eigenvalue weighted by molar-refractivity contribution is 6.30. The molecular formula is C15H13ClN2O3. The van der Waals surface area contributed by atoms with Crippen LogP contribution in [-0.4, -0.2) is 23.5 Å². The fraction of sp³-hybridized carbons (Fsp3) is 0.133. The number of carbonyl (C=O) groups excluding carboxylic acids is 2. The van der Waals surface area contributed by atoms with Crippen molar-refractivity contribution in [3.8, 4) is 0 Å². The summed E-state index contributed by atoms with van der Waals surface area (Å²) in [6.07, 6.45) is 2.93. The number of benzene rings is 1. The Morgan fingerprint density at radius 1 is 1.24 bits per heavy atom. The largest absolute Gasteiger partial charge is 0.452 e. The van der Waals surface area contributed by atoms with Crippen molar-refractivity contribution >= 4 is 23.5 Å². The van der Waals surface area contributed by atoms with Gasteiger partial charge >= 0.3 is 5.97 Å². The van der Waals surface area contributed by atoms with E-state index in [0.717, 1.165) is 5.56 Å². The number of nitrogens with one attached hydrogen (secondary N) is 1. The van der Waals surface area contributed by atoms with Gasteiger partial charge in [-0.25, -0.2) is 4.79 Å². The number of amides is 1. The van der Waals surface area contributed by atoms with Gasteiger partial charge in [-0.2, -0.15) is 0 Å². The van der Waals surface area contributed by atoms with E-state index in [1.165, 1.54) is 6.20 Å². The van der Waals surface area contributed by atoms with Gasteiger partial charge < -0.3 is 10.1 Å². The number of nitrogens with zero attached hydrogens (tertiary/aromatic N) is 1.